The molecule has 0 spiro atoms. The van der Waals surface area contributed by atoms with E-state index in [-0.39, 0.29) is 0 Å². The molecule has 5 N–H and O–H groups in total. The molecule has 0 bridgehead atoms. The third kappa shape index (κ3) is 59.2. The maximum atomic E-state index is 12.7. The first kappa shape index (κ1) is 75.8. The quantitative estimate of drug-likeness (QED) is 0.0308. The van der Waals surface area contributed by atoms with Gasteiger partial charge in [-0.05, 0) is 44.9 Å². The second-order valence-electron chi connectivity index (χ2n) is 24.6. The molecule has 0 aliphatic carbocycles. The van der Waals surface area contributed by atoms with Crippen molar-refractivity contribution in [1.29, 1.82) is 0 Å². The minimum absolute atomic E-state index is 0.372. The molecule has 0 aromatic rings. The Morgan fingerprint density at radius 1 is 0.325 bits per heavy atom. The Kier molecular flexibility index (Phi) is 64.6. The van der Waals surface area contributed by atoms with E-state index in [1.807, 2.05) is 0 Å². The van der Waals surface area contributed by atoms with Crippen molar-refractivity contribution in [2.75, 3.05) is 6.61 Å². The summed E-state index contributed by atoms with van der Waals surface area (Å²) in [4.78, 5) is 12.7. The number of amides is 1. The smallest absolute Gasteiger partial charge is 0.249 e. The lowest BCUT2D eigenvalue weighted by Gasteiger charge is -2.27. The third-order valence-corrected chi connectivity index (χ3v) is 16.9. The molecule has 0 fully saturated rings. The lowest BCUT2D eigenvalue weighted by molar-refractivity contribution is -0.132. The Balaban J connectivity index is 3.52. The molecule has 0 saturated carbocycles. The molecule has 1 amide bonds. The van der Waals surface area contributed by atoms with Crippen LogP contribution in [-0.4, -0.2) is 57.3 Å². The maximum Gasteiger partial charge on any atom is 0.249 e. The topological polar surface area (TPSA) is 110 Å². The van der Waals surface area contributed by atoms with Crippen LogP contribution >= 0.6 is 0 Å². The van der Waals surface area contributed by atoms with Gasteiger partial charge in [-0.25, -0.2) is 0 Å². The highest BCUT2D eigenvalue weighted by Gasteiger charge is 2.28. The second-order valence-corrected chi connectivity index (χ2v) is 24.6. The van der Waals surface area contributed by atoms with Gasteiger partial charge in [0.15, 0.2) is 0 Å². The lowest BCUT2D eigenvalue weighted by Crippen LogP contribution is -2.53. The zero-order chi connectivity index (χ0) is 55.8. The number of rotatable bonds is 66. The third-order valence-electron chi connectivity index (χ3n) is 16.9. The first-order valence-electron chi connectivity index (χ1n) is 35.2. The van der Waals surface area contributed by atoms with Crippen LogP contribution in [0.2, 0.25) is 0 Å². The summed E-state index contributed by atoms with van der Waals surface area (Å²) in [6.45, 7) is 4.11. The van der Waals surface area contributed by atoms with E-state index in [4.69, 9.17) is 0 Å². The zero-order valence-electron chi connectivity index (χ0n) is 52.2. The number of hydrogen-bond donors (Lipinski definition) is 5. The second kappa shape index (κ2) is 65.6. The normalized spacial score (nSPS) is 13.6. The first-order valence-corrected chi connectivity index (χ1v) is 35.2. The molecule has 0 aliphatic rings. The number of aliphatic hydroxyl groups is 4. The fraction of sp³-hybridized carbons (Fsp3) is 0.930. The first-order chi connectivity index (χ1) is 38.0. The van der Waals surface area contributed by atoms with E-state index in [9.17, 15) is 25.2 Å². The average molecular weight is 1090 g/mol. The van der Waals surface area contributed by atoms with Gasteiger partial charge in [-0.15, -0.1) is 0 Å². The van der Waals surface area contributed by atoms with Gasteiger partial charge in [-0.3, -0.25) is 4.79 Å². The predicted molar refractivity (Wildman–Crippen MR) is 339 cm³/mol. The lowest BCUT2D eigenvalue weighted by atomic mass is 9.99. The van der Waals surface area contributed by atoms with E-state index < -0.39 is 36.9 Å². The summed E-state index contributed by atoms with van der Waals surface area (Å²) in [5, 5.41) is 44.2. The molecular formula is C71H139NO5. The molecule has 6 nitrogen and oxygen atoms in total. The van der Waals surface area contributed by atoms with Crippen LogP contribution in [0.1, 0.15) is 393 Å². The molecule has 4 unspecified atom stereocenters. The molecule has 0 rings (SSSR count). The van der Waals surface area contributed by atoms with Gasteiger partial charge in [0.05, 0.1) is 18.8 Å². The van der Waals surface area contributed by atoms with Crippen LogP contribution < -0.4 is 5.32 Å². The van der Waals surface area contributed by atoms with Crippen molar-refractivity contribution in [3.63, 3.8) is 0 Å². The van der Waals surface area contributed by atoms with Crippen LogP contribution in [0.5, 0.6) is 0 Å². The number of allylic oxidation sites excluding steroid dienone is 4. The molecule has 0 aromatic heterocycles. The number of carbonyl (C=O) groups is 1. The number of carbonyl (C=O) groups excluding carboxylic acids is 1. The highest BCUT2D eigenvalue weighted by molar-refractivity contribution is 5.80. The van der Waals surface area contributed by atoms with E-state index in [0.717, 1.165) is 44.9 Å². The van der Waals surface area contributed by atoms with Crippen LogP contribution in [0, 0.1) is 0 Å². The van der Waals surface area contributed by atoms with Crippen molar-refractivity contribution >= 4 is 5.91 Å². The Hall–Kier alpha value is -1.21. The highest BCUT2D eigenvalue weighted by atomic mass is 16.3. The molecule has 458 valence electrons. The minimum atomic E-state index is -1.26. The van der Waals surface area contributed by atoms with E-state index in [2.05, 4.69) is 43.5 Å². The summed E-state index contributed by atoms with van der Waals surface area (Å²) < 4.78 is 0. The SMILES string of the molecule is CCCCCCCCCCCCCCCCC/C=C\C/C=C\CCCCCCCCCCCCCCCCCCC(O)C(=O)NC(CO)C(O)C(O)CCCCCCCCCCCCCCCCCCCCCCCCC. The van der Waals surface area contributed by atoms with Crippen molar-refractivity contribution < 1.29 is 25.2 Å². The Labute approximate surface area is 482 Å². The fourth-order valence-corrected chi connectivity index (χ4v) is 11.4. The standard InChI is InChI=1S/C71H139NO5/c1-3-5-7-9-11-13-15-17-19-21-23-25-27-28-29-30-31-32-33-34-35-36-37-38-39-40-41-43-45-47-49-51-53-55-57-59-61-63-65-69(75)71(77)72-67(66-73)70(76)68(74)64-62-60-58-56-54-52-50-48-46-44-42-26-24-22-20-18-16-14-12-10-8-6-4-2/h31-32,34-35,67-70,73-76H,3-30,33,36-66H2,1-2H3,(H,72,77)/b32-31-,35-34-. The predicted octanol–water partition coefficient (Wildman–Crippen LogP) is 21.7. The number of nitrogens with one attached hydrogen (secondary N) is 1. The molecule has 77 heavy (non-hydrogen) atoms. The summed E-state index contributed by atoms with van der Waals surface area (Å²) in [5.41, 5.74) is 0. The maximum absolute atomic E-state index is 12.7. The fourth-order valence-electron chi connectivity index (χ4n) is 11.4. The molecule has 4 atom stereocenters. The van der Waals surface area contributed by atoms with Crippen molar-refractivity contribution in [1.82, 2.24) is 5.32 Å². The zero-order valence-corrected chi connectivity index (χ0v) is 52.2. The monoisotopic (exact) mass is 1090 g/mol. The Morgan fingerprint density at radius 2 is 0.558 bits per heavy atom. The Bertz CT molecular complexity index is 1170. The molecule has 0 radical (unpaired) electrons. The summed E-state index contributed by atoms with van der Waals surface area (Å²) in [6.07, 6.45) is 83.1. The van der Waals surface area contributed by atoms with Gasteiger partial charge < -0.3 is 25.7 Å². The van der Waals surface area contributed by atoms with E-state index >= 15 is 0 Å². The van der Waals surface area contributed by atoms with Gasteiger partial charge in [0, 0.05) is 0 Å². The van der Waals surface area contributed by atoms with Crippen molar-refractivity contribution in [3.05, 3.63) is 24.3 Å². The molecule has 0 saturated heterocycles. The van der Waals surface area contributed by atoms with Crippen molar-refractivity contribution in [3.8, 4) is 0 Å². The molecular weight excluding hydrogens is 947 g/mol. The average Bonchev–Trinajstić information content (AvgIpc) is 3.43. The van der Waals surface area contributed by atoms with Gasteiger partial charge in [-0.1, -0.05) is 372 Å². The Morgan fingerprint density at radius 3 is 0.818 bits per heavy atom. The summed E-state index contributed by atoms with van der Waals surface area (Å²) >= 11 is 0. The van der Waals surface area contributed by atoms with Crippen LogP contribution in [0.25, 0.3) is 0 Å². The summed E-state index contributed by atoms with van der Waals surface area (Å²) in [5.74, 6) is -0.577. The van der Waals surface area contributed by atoms with Gasteiger partial charge in [0.2, 0.25) is 5.91 Å². The molecule has 6 heteroatoms. The van der Waals surface area contributed by atoms with Crippen LogP contribution in [0.15, 0.2) is 24.3 Å². The number of aliphatic hydroxyl groups excluding tert-OH is 4. The number of unbranched alkanes of at least 4 members (excludes halogenated alkanes) is 53. The van der Waals surface area contributed by atoms with Crippen LogP contribution in [0.3, 0.4) is 0 Å². The number of hydrogen-bond acceptors (Lipinski definition) is 5. The van der Waals surface area contributed by atoms with Gasteiger partial charge in [0.25, 0.3) is 0 Å². The van der Waals surface area contributed by atoms with Gasteiger partial charge >= 0.3 is 0 Å². The molecule has 0 heterocycles. The highest BCUT2D eigenvalue weighted by Crippen LogP contribution is 2.20. The summed E-state index contributed by atoms with van der Waals surface area (Å²) in [7, 11) is 0. The van der Waals surface area contributed by atoms with Crippen LogP contribution in [-0.2, 0) is 4.79 Å². The van der Waals surface area contributed by atoms with Gasteiger partial charge in [0.1, 0.15) is 12.2 Å². The molecule has 0 aromatic carbocycles. The molecule has 0 aliphatic heterocycles. The van der Waals surface area contributed by atoms with Crippen molar-refractivity contribution in [2.24, 2.45) is 0 Å². The van der Waals surface area contributed by atoms with E-state index in [1.165, 1.54) is 321 Å². The van der Waals surface area contributed by atoms with E-state index in [1.54, 1.807) is 0 Å². The van der Waals surface area contributed by atoms with Gasteiger partial charge in [-0.2, -0.15) is 0 Å². The summed E-state index contributed by atoms with van der Waals surface area (Å²) in [6, 6.07) is -0.985. The largest absolute Gasteiger partial charge is 0.394 e. The van der Waals surface area contributed by atoms with Crippen molar-refractivity contribution in [2.45, 2.75) is 417 Å². The van der Waals surface area contributed by atoms with E-state index in [0.29, 0.717) is 12.8 Å². The van der Waals surface area contributed by atoms with Crippen LogP contribution in [0.4, 0.5) is 0 Å². The minimum Gasteiger partial charge on any atom is -0.394 e.